The van der Waals surface area contributed by atoms with Crippen LogP contribution >= 0.6 is 27.7 Å². The summed E-state index contributed by atoms with van der Waals surface area (Å²) >= 11 is 4.98. The second-order valence-electron chi connectivity index (χ2n) is 4.12. The molecule has 6 heteroatoms. The van der Waals surface area contributed by atoms with Gasteiger partial charge < -0.3 is 9.72 Å². The first-order valence-corrected chi connectivity index (χ1v) is 7.33. The second-order valence-corrected chi connectivity index (χ2v) is 5.94. The molecule has 17 heavy (non-hydrogen) atoms. The molecular weight excluding hydrogens is 304 g/mol. The van der Waals surface area contributed by atoms with Crippen molar-refractivity contribution in [3.05, 3.63) is 26.3 Å². The first-order chi connectivity index (χ1) is 8.04. The Labute approximate surface area is 114 Å². The Morgan fingerprint density at radius 1 is 1.53 bits per heavy atom. The lowest BCUT2D eigenvalue weighted by atomic mass is 10.3. The van der Waals surface area contributed by atoms with Crippen molar-refractivity contribution in [2.45, 2.75) is 26.2 Å². The third-order valence-electron chi connectivity index (χ3n) is 1.95. The zero-order chi connectivity index (χ0) is 12.8. The Morgan fingerprint density at radius 2 is 2.24 bits per heavy atom. The van der Waals surface area contributed by atoms with Gasteiger partial charge in [-0.15, -0.1) is 0 Å². The standard InChI is InChI=1S/C11H17BrN2O2S/c1-7(2)5-17-6-9-13-8(4-16-3)10(12)11(15)14-9/h7H,4-6H2,1-3H3,(H,13,14,15). The van der Waals surface area contributed by atoms with E-state index in [1.165, 1.54) is 0 Å². The van der Waals surface area contributed by atoms with Gasteiger partial charge in [-0.3, -0.25) is 4.79 Å². The molecular formula is C11H17BrN2O2S. The third-order valence-corrected chi connectivity index (χ3v) is 4.15. The number of aromatic nitrogens is 2. The van der Waals surface area contributed by atoms with E-state index in [0.29, 0.717) is 28.5 Å². The fraction of sp³-hybridized carbons (Fsp3) is 0.636. The lowest BCUT2D eigenvalue weighted by molar-refractivity contribution is 0.180. The van der Waals surface area contributed by atoms with Crippen molar-refractivity contribution in [3.8, 4) is 0 Å². The highest BCUT2D eigenvalue weighted by Gasteiger charge is 2.08. The molecule has 1 aromatic heterocycles. The first kappa shape index (κ1) is 14.7. The molecule has 0 saturated heterocycles. The summed E-state index contributed by atoms with van der Waals surface area (Å²) in [7, 11) is 1.59. The number of nitrogens with zero attached hydrogens (tertiary/aromatic N) is 1. The van der Waals surface area contributed by atoms with E-state index in [4.69, 9.17) is 4.74 Å². The van der Waals surface area contributed by atoms with Gasteiger partial charge >= 0.3 is 0 Å². The number of nitrogens with one attached hydrogen (secondary N) is 1. The van der Waals surface area contributed by atoms with E-state index in [-0.39, 0.29) is 5.56 Å². The second kappa shape index (κ2) is 7.18. The molecule has 96 valence electrons. The maximum Gasteiger partial charge on any atom is 0.265 e. The van der Waals surface area contributed by atoms with Gasteiger partial charge in [-0.1, -0.05) is 13.8 Å². The number of thioether (sulfide) groups is 1. The SMILES string of the molecule is COCc1nc(CSCC(C)C)[nH]c(=O)c1Br. The molecule has 0 spiro atoms. The summed E-state index contributed by atoms with van der Waals surface area (Å²) in [5.74, 6) is 3.12. The van der Waals surface area contributed by atoms with Crippen LogP contribution in [0.2, 0.25) is 0 Å². The van der Waals surface area contributed by atoms with Gasteiger partial charge in [0.2, 0.25) is 0 Å². The van der Waals surface area contributed by atoms with Crippen LogP contribution in [0, 0.1) is 5.92 Å². The van der Waals surface area contributed by atoms with Crippen LogP contribution < -0.4 is 5.56 Å². The van der Waals surface area contributed by atoms with Crippen LogP contribution in [0.15, 0.2) is 9.27 Å². The van der Waals surface area contributed by atoms with Crippen LogP contribution in [0.4, 0.5) is 0 Å². The zero-order valence-electron chi connectivity index (χ0n) is 10.2. The number of H-pyrrole nitrogens is 1. The van der Waals surface area contributed by atoms with E-state index < -0.39 is 0 Å². The molecule has 0 aliphatic carbocycles. The van der Waals surface area contributed by atoms with Crippen LogP contribution in [-0.4, -0.2) is 22.8 Å². The molecule has 0 aliphatic heterocycles. The highest BCUT2D eigenvalue weighted by Crippen LogP contribution is 2.15. The molecule has 0 radical (unpaired) electrons. The highest BCUT2D eigenvalue weighted by molar-refractivity contribution is 9.10. The predicted molar refractivity (Wildman–Crippen MR) is 74.3 cm³/mol. The van der Waals surface area contributed by atoms with Crippen molar-refractivity contribution in [2.75, 3.05) is 12.9 Å². The van der Waals surface area contributed by atoms with Crippen LogP contribution in [0.1, 0.15) is 25.4 Å². The van der Waals surface area contributed by atoms with Gasteiger partial charge in [0, 0.05) is 7.11 Å². The summed E-state index contributed by atoms with van der Waals surface area (Å²) in [6.45, 7) is 4.68. The molecule has 0 unspecified atom stereocenters. The van der Waals surface area contributed by atoms with Crippen molar-refractivity contribution >= 4 is 27.7 Å². The third kappa shape index (κ3) is 4.81. The fourth-order valence-corrected chi connectivity index (χ4v) is 2.47. The quantitative estimate of drug-likeness (QED) is 0.875. The molecule has 0 saturated carbocycles. The lowest BCUT2D eigenvalue weighted by Crippen LogP contribution is -2.15. The first-order valence-electron chi connectivity index (χ1n) is 5.38. The van der Waals surface area contributed by atoms with Crippen LogP contribution in [-0.2, 0) is 17.1 Å². The largest absolute Gasteiger partial charge is 0.378 e. The highest BCUT2D eigenvalue weighted by atomic mass is 79.9. The summed E-state index contributed by atoms with van der Waals surface area (Å²) in [6, 6.07) is 0. The summed E-state index contributed by atoms with van der Waals surface area (Å²) in [5, 5.41) is 0. The van der Waals surface area contributed by atoms with Crippen LogP contribution in [0.3, 0.4) is 0 Å². The molecule has 1 aromatic rings. The zero-order valence-corrected chi connectivity index (χ0v) is 12.7. The number of ether oxygens (including phenoxy) is 1. The molecule has 0 aliphatic rings. The van der Waals surface area contributed by atoms with Crippen molar-refractivity contribution in [2.24, 2.45) is 5.92 Å². The molecule has 4 nitrogen and oxygen atoms in total. The van der Waals surface area contributed by atoms with Crippen molar-refractivity contribution in [3.63, 3.8) is 0 Å². The van der Waals surface area contributed by atoms with Crippen molar-refractivity contribution in [1.29, 1.82) is 0 Å². The Kier molecular flexibility index (Phi) is 6.22. The van der Waals surface area contributed by atoms with Crippen LogP contribution in [0.5, 0.6) is 0 Å². The van der Waals surface area contributed by atoms with E-state index in [0.717, 1.165) is 11.5 Å². The summed E-state index contributed by atoms with van der Waals surface area (Å²) in [4.78, 5) is 18.8. The van der Waals surface area contributed by atoms with E-state index >= 15 is 0 Å². The van der Waals surface area contributed by atoms with E-state index in [9.17, 15) is 4.79 Å². The molecule has 0 atom stereocenters. The van der Waals surface area contributed by atoms with Crippen molar-refractivity contribution < 1.29 is 4.74 Å². The minimum atomic E-state index is -0.146. The topological polar surface area (TPSA) is 55.0 Å². The maximum atomic E-state index is 11.6. The van der Waals surface area contributed by atoms with Gasteiger partial charge in [-0.05, 0) is 27.6 Å². The number of hydrogen-bond donors (Lipinski definition) is 1. The van der Waals surface area contributed by atoms with E-state index in [1.54, 1.807) is 18.9 Å². The normalized spacial score (nSPS) is 11.1. The average Bonchev–Trinajstić information content (AvgIpc) is 2.25. The Balaban J connectivity index is 2.76. The summed E-state index contributed by atoms with van der Waals surface area (Å²) in [5.41, 5.74) is 0.503. The maximum absolute atomic E-state index is 11.6. The fourth-order valence-electron chi connectivity index (χ4n) is 1.25. The smallest absolute Gasteiger partial charge is 0.265 e. The molecule has 1 heterocycles. The van der Waals surface area contributed by atoms with Gasteiger partial charge in [-0.2, -0.15) is 11.8 Å². The lowest BCUT2D eigenvalue weighted by Gasteiger charge is -2.07. The minimum absolute atomic E-state index is 0.146. The number of methoxy groups -OCH3 is 1. The van der Waals surface area contributed by atoms with Crippen LogP contribution in [0.25, 0.3) is 0 Å². The Morgan fingerprint density at radius 3 is 2.82 bits per heavy atom. The summed E-state index contributed by atoms with van der Waals surface area (Å²) in [6.07, 6.45) is 0. The van der Waals surface area contributed by atoms with Gasteiger partial charge in [0.1, 0.15) is 10.3 Å². The van der Waals surface area contributed by atoms with Gasteiger partial charge in [0.25, 0.3) is 5.56 Å². The van der Waals surface area contributed by atoms with E-state index in [1.807, 2.05) is 0 Å². The Hall–Kier alpha value is -0.330. The van der Waals surface area contributed by atoms with Crippen molar-refractivity contribution in [1.82, 2.24) is 9.97 Å². The number of rotatable bonds is 6. The number of hydrogen-bond acceptors (Lipinski definition) is 4. The Bertz CT molecular complexity index is 420. The van der Waals surface area contributed by atoms with Gasteiger partial charge in [-0.25, -0.2) is 4.98 Å². The number of halogens is 1. The molecule has 0 aromatic carbocycles. The van der Waals surface area contributed by atoms with Gasteiger partial charge in [0.05, 0.1) is 18.1 Å². The minimum Gasteiger partial charge on any atom is -0.378 e. The molecule has 1 rings (SSSR count). The monoisotopic (exact) mass is 320 g/mol. The molecule has 0 amide bonds. The number of aromatic amines is 1. The van der Waals surface area contributed by atoms with E-state index in [2.05, 4.69) is 39.7 Å². The molecule has 0 bridgehead atoms. The van der Waals surface area contributed by atoms with Gasteiger partial charge in [0.15, 0.2) is 0 Å². The average molecular weight is 321 g/mol. The molecule has 1 N–H and O–H groups in total. The summed E-state index contributed by atoms with van der Waals surface area (Å²) < 4.78 is 5.46. The predicted octanol–water partition coefficient (Wildman–Crippen LogP) is 2.57. The molecule has 0 fully saturated rings.